The quantitative estimate of drug-likeness (QED) is 0.157. The fraction of sp³-hybridized carbons (Fsp3) is 0.0508. The number of anilines is 6. The molecule has 4 heteroatoms. The van der Waals surface area contributed by atoms with Crippen molar-refractivity contribution in [1.82, 2.24) is 0 Å². The summed E-state index contributed by atoms with van der Waals surface area (Å²) in [7, 11) is 0. The van der Waals surface area contributed by atoms with Gasteiger partial charge < -0.3 is 18.6 Å². The molecule has 0 saturated carbocycles. The van der Waals surface area contributed by atoms with Crippen LogP contribution >= 0.6 is 0 Å². The molecule has 12 aromatic rings. The number of benzene rings is 10. The van der Waals surface area contributed by atoms with E-state index >= 15 is 0 Å². The van der Waals surface area contributed by atoms with Crippen LogP contribution < -0.4 is 9.80 Å². The zero-order valence-corrected chi connectivity index (χ0v) is 34.8. The van der Waals surface area contributed by atoms with Gasteiger partial charge in [-0.2, -0.15) is 0 Å². The lowest BCUT2D eigenvalue weighted by Crippen LogP contribution is -2.24. The van der Waals surface area contributed by atoms with E-state index in [9.17, 15) is 0 Å². The first-order chi connectivity index (χ1) is 31.0. The van der Waals surface area contributed by atoms with E-state index in [0.29, 0.717) is 0 Å². The summed E-state index contributed by atoms with van der Waals surface area (Å²) in [4.78, 5) is 4.74. The van der Waals surface area contributed by atoms with Crippen molar-refractivity contribution < 1.29 is 8.83 Å². The third kappa shape index (κ3) is 5.41. The van der Waals surface area contributed by atoms with Gasteiger partial charge >= 0.3 is 0 Å². The Morgan fingerprint density at radius 2 is 0.794 bits per heavy atom. The molecule has 0 N–H and O–H groups in total. The molecular formula is C59H40N2O2. The van der Waals surface area contributed by atoms with Crippen LogP contribution in [-0.4, -0.2) is 0 Å². The van der Waals surface area contributed by atoms with Crippen LogP contribution in [0, 0.1) is 0 Å². The summed E-state index contributed by atoms with van der Waals surface area (Å²) in [6.45, 7) is 4.77. The Bertz CT molecular complexity index is 3790. The van der Waals surface area contributed by atoms with E-state index in [1.807, 2.05) is 24.3 Å². The van der Waals surface area contributed by atoms with Crippen molar-refractivity contribution in [3.63, 3.8) is 0 Å². The fourth-order valence-corrected chi connectivity index (χ4v) is 10.4. The van der Waals surface area contributed by atoms with Gasteiger partial charge in [-0.15, -0.1) is 0 Å². The van der Waals surface area contributed by atoms with E-state index in [1.165, 1.54) is 43.8 Å². The Morgan fingerprint density at radius 3 is 1.40 bits per heavy atom. The monoisotopic (exact) mass is 808 g/mol. The van der Waals surface area contributed by atoms with E-state index in [2.05, 4.69) is 206 Å². The maximum absolute atomic E-state index is 6.25. The molecule has 2 heterocycles. The number of hydrogen-bond donors (Lipinski definition) is 0. The van der Waals surface area contributed by atoms with Gasteiger partial charge in [-0.25, -0.2) is 0 Å². The molecule has 0 saturated heterocycles. The van der Waals surface area contributed by atoms with Crippen LogP contribution in [0.1, 0.15) is 25.0 Å². The number of furan rings is 2. The molecule has 10 aromatic carbocycles. The van der Waals surface area contributed by atoms with Gasteiger partial charge in [0.1, 0.15) is 22.3 Å². The van der Waals surface area contributed by atoms with Crippen LogP contribution in [0.3, 0.4) is 0 Å². The zero-order valence-electron chi connectivity index (χ0n) is 34.8. The van der Waals surface area contributed by atoms with Gasteiger partial charge in [0.15, 0.2) is 0 Å². The van der Waals surface area contributed by atoms with Gasteiger partial charge in [0, 0.05) is 61.1 Å². The van der Waals surface area contributed by atoms with Gasteiger partial charge in [0.25, 0.3) is 0 Å². The molecule has 2 aromatic heterocycles. The fourth-order valence-electron chi connectivity index (χ4n) is 10.4. The first-order valence-corrected chi connectivity index (χ1v) is 21.7. The highest BCUT2D eigenvalue weighted by molar-refractivity contribution is 6.18. The van der Waals surface area contributed by atoms with Crippen molar-refractivity contribution in [1.29, 1.82) is 0 Å². The lowest BCUT2D eigenvalue weighted by atomic mass is 9.68. The summed E-state index contributed by atoms with van der Waals surface area (Å²) in [5.74, 6) is 0. The minimum absolute atomic E-state index is 0.283. The molecule has 0 spiro atoms. The summed E-state index contributed by atoms with van der Waals surface area (Å²) in [6, 6.07) is 74.4. The average Bonchev–Trinajstić information content (AvgIpc) is 3.90. The van der Waals surface area contributed by atoms with Gasteiger partial charge in [-0.3, -0.25) is 0 Å². The number of fused-ring (bicyclic) bond motifs is 10. The van der Waals surface area contributed by atoms with E-state index in [1.54, 1.807) is 0 Å². The van der Waals surface area contributed by atoms with Crippen LogP contribution in [0.2, 0.25) is 0 Å². The van der Waals surface area contributed by atoms with Gasteiger partial charge in [0.2, 0.25) is 0 Å². The lowest BCUT2D eigenvalue weighted by Gasteiger charge is -2.37. The predicted molar refractivity (Wildman–Crippen MR) is 263 cm³/mol. The summed E-state index contributed by atoms with van der Waals surface area (Å²) < 4.78 is 12.5. The van der Waals surface area contributed by atoms with Crippen LogP contribution in [0.4, 0.5) is 34.1 Å². The molecule has 0 aliphatic heterocycles. The second kappa shape index (κ2) is 13.5. The lowest BCUT2D eigenvalue weighted by molar-refractivity contribution is 0.645. The number of nitrogens with zero attached hydrogens (tertiary/aromatic N) is 2. The number of hydrogen-bond acceptors (Lipinski definition) is 4. The smallest absolute Gasteiger partial charge is 0.135 e. The van der Waals surface area contributed by atoms with E-state index in [-0.39, 0.29) is 5.41 Å². The number of para-hydroxylation sites is 4. The molecule has 0 amide bonds. The van der Waals surface area contributed by atoms with E-state index < -0.39 is 0 Å². The second-order valence-electron chi connectivity index (χ2n) is 17.3. The molecule has 0 fully saturated rings. The van der Waals surface area contributed by atoms with Gasteiger partial charge in [-0.05, 0) is 147 Å². The first-order valence-electron chi connectivity index (χ1n) is 21.7. The van der Waals surface area contributed by atoms with Crippen molar-refractivity contribution in [2.24, 2.45) is 0 Å². The Morgan fingerprint density at radius 1 is 0.317 bits per heavy atom. The highest BCUT2D eigenvalue weighted by Crippen LogP contribution is 2.53. The minimum Gasteiger partial charge on any atom is -0.456 e. The summed E-state index contributed by atoms with van der Waals surface area (Å²) in [5.41, 5.74) is 15.1. The first kappa shape index (κ1) is 35.7. The van der Waals surface area contributed by atoms with Crippen LogP contribution in [-0.2, 0) is 5.41 Å². The summed E-state index contributed by atoms with van der Waals surface area (Å²) in [6.07, 6.45) is 0. The summed E-state index contributed by atoms with van der Waals surface area (Å²) in [5, 5.41) is 9.49. The third-order valence-corrected chi connectivity index (χ3v) is 13.4. The normalized spacial score (nSPS) is 13.0. The van der Waals surface area contributed by atoms with Crippen molar-refractivity contribution >= 4 is 99.5 Å². The molecule has 0 atom stereocenters. The van der Waals surface area contributed by atoms with Gasteiger partial charge in [-0.1, -0.05) is 117 Å². The molecule has 0 unspecified atom stereocenters. The maximum atomic E-state index is 6.25. The molecular weight excluding hydrogens is 769 g/mol. The molecule has 63 heavy (non-hydrogen) atoms. The Labute approximate surface area is 364 Å². The Balaban J connectivity index is 0.973. The highest BCUT2D eigenvalue weighted by Gasteiger charge is 2.35. The molecule has 4 nitrogen and oxygen atoms in total. The Hall–Kier alpha value is -8.08. The maximum Gasteiger partial charge on any atom is 0.135 e. The zero-order chi connectivity index (χ0) is 41.8. The molecule has 0 radical (unpaired) electrons. The van der Waals surface area contributed by atoms with Gasteiger partial charge in [0.05, 0.1) is 0 Å². The second-order valence-corrected chi connectivity index (χ2v) is 17.3. The molecule has 1 aliphatic rings. The minimum atomic E-state index is -0.283. The topological polar surface area (TPSA) is 32.8 Å². The molecule has 298 valence electrons. The van der Waals surface area contributed by atoms with Crippen molar-refractivity contribution in [3.05, 3.63) is 217 Å². The largest absolute Gasteiger partial charge is 0.456 e. The van der Waals surface area contributed by atoms with Crippen LogP contribution in [0.15, 0.2) is 215 Å². The van der Waals surface area contributed by atoms with Crippen LogP contribution in [0.25, 0.3) is 76.5 Å². The number of rotatable bonds is 6. The molecule has 1 aliphatic carbocycles. The standard InChI is InChI=1S/C59H40N2O2/c1-59(2)52-21-13-20-47-48-33-40(60(38-14-5-3-6-15-38)41-27-30-56-49(34-41)45-18-9-11-22-54(45)62-56)25-24-37(48)32-51(58(47)52)44-29-26-43(36-53(44)59)61(39-16-7-4-8-17-39)42-28-31-57-50(35-42)46-19-10-12-23-55(46)63-57/h3-36H,1-2H3. The Kier molecular flexibility index (Phi) is 7.62. The van der Waals surface area contributed by atoms with E-state index in [0.717, 1.165) is 78.0 Å². The average molecular weight is 809 g/mol. The molecule has 0 bridgehead atoms. The van der Waals surface area contributed by atoms with E-state index in [4.69, 9.17) is 8.83 Å². The van der Waals surface area contributed by atoms with Crippen molar-refractivity contribution in [3.8, 4) is 11.1 Å². The highest BCUT2D eigenvalue weighted by atomic mass is 16.3. The summed E-state index contributed by atoms with van der Waals surface area (Å²) >= 11 is 0. The van der Waals surface area contributed by atoms with Crippen molar-refractivity contribution in [2.45, 2.75) is 19.3 Å². The van der Waals surface area contributed by atoms with Crippen molar-refractivity contribution in [2.75, 3.05) is 9.80 Å². The molecule has 13 rings (SSSR count). The van der Waals surface area contributed by atoms with Crippen LogP contribution in [0.5, 0.6) is 0 Å². The predicted octanol–water partition coefficient (Wildman–Crippen LogP) is 17.0. The third-order valence-electron chi connectivity index (χ3n) is 13.4. The SMILES string of the molecule is CC1(C)c2cc(N(c3ccccc3)c3ccc4oc5ccccc5c4c3)ccc2-c2cc3ccc(N(c4ccccc4)c4ccc5oc6ccccc6c5c4)cc3c3cccc1c23.